The van der Waals surface area contributed by atoms with Gasteiger partial charge < -0.3 is 4.90 Å². The van der Waals surface area contributed by atoms with Gasteiger partial charge in [0.2, 0.25) is 6.41 Å². The Bertz CT molecular complexity index is 150. The molecule has 1 amide bonds. The fraction of sp³-hybridized carbons (Fsp3) is 0.667. The van der Waals surface area contributed by atoms with Crippen molar-refractivity contribution in [1.29, 1.82) is 5.26 Å². The molecule has 1 aliphatic rings. The van der Waals surface area contributed by atoms with Crippen LogP contribution in [0.4, 0.5) is 0 Å². The monoisotopic (exact) mass is 124 g/mol. The lowest BCUT2D eigenvalue weighted by molar-refractivity contribution is -0.118. The van der Waals surface area contributed by atoms with E-state index < -0.39 is 0 Å². The Kier molecular flexibility index (Phi) is 1.69. The second kappa shape index (κ2) is 2.49. The molecule has 3 heteroatoms. The maximum atomic E-state index is 10.2. The molecule has 0 saturated carbocycles. The molecule has 0 N–H and O–H groups in total. The van der Waals surface area contributed by atoms with Crippen molar-refractivity contribution in [1.82, 2.24) is 4.90 Å². The van der Waals surface area contributed by atoms with Crippen LogP contribution in [0.15, 0.2) is 0 Å². The van der Waals surface area contributed by atoms with Crippen molar-refractivity contribution in [3.8, 4) is 6.07 Å². The molecule has 1 atom stereocenters. The van der Waals surface area contributed by atoms with E-state index in [2.05, 4.69) is 6.07 Å². The summed E-state index contributed by atoms with van der Waals surface area (Å²) in [5.74, 6) is 0. The molecule has 0 spiro atoms. The zero-order chi connectivity index (χ0) is 6.69. The molecule has 1 rings (SSSR count). The van der Waals surface area contributed by atoms with E-state index in [1.807, 2.05) is 0 Å². The van der Waals surface area contributed by atoms with Gasteiger partial charge in [0.25, 0.3) is 0 Å². The van der Waals surface area contributed by atoms with Crippen LogP contribution in [0.3, 0.4) is 0 Å². The van der Waals surface area contributed by atoms with Crippen LogP contribution in [0.25, 0.3) is 0 Å². The molecule has 1 aliphatic heterocycles. The van der Waals surface area contributed by atoms with Crippen LogP contribution in [0.1, 0.15) is 12.8 Å². The molecule has 0 radical (unpaired) electrons. The maximum absolute atomic E-state index is 10.2. The van der Waals surface area contributed by atoms with Gasteiger partial charge in [-0.05, 0) is 12.8 Å². The molecule has 48 valence electrons. The van der Waals surface area contributed by atoms with Gasteiger partial charge in [0.1, 0.15) is 6.04 Å². The van der Waals surface area contributed by atoms with Gasteiger partial charge in [0.05, 0.1) is 6.07 Å². The van der Waals surface area contributed by atoms with E-state index in [-0.39, 0.29) is 6.04 Å². The predicted molar refractivity (Wildman–Crippen MR) is 31.4 cm³/mol. The molecule has 0 aromatic carbocycles. The normalized spacial score (nSPS) is 25.7. The van der Waals surface area contributed by atoms with Gasteiger partial charge in [0.15, 0.2) is 0 Å². The number of carbonyl (C=O) groups is 1. The molecule has 1 saturated heterocycles. The fourth-order valence-corrected chi connectivity index (χ4v) is 1.05. The van der Waals surface area contributed by atoms with Crippen molar-refractivity contribution in [2.75, 3.05) is 6.54 Å². The highest BCUT2D eigenvalue weighted by Gasteiger charge is 2.21. The quantitative estimate of drug-likeness (QED) is 0.466. The number of nitrogens with zero attached hydrogens (tertiary/aromatic N) is 2. The van der Waals surface area contributed by atoms with E-state index in [0.29, 0.717) is 0 Å². The minimum atomic E-state index is -0.150. The molecule has 0 unspecified atom stereocenters. The first-order valence-electron chi connectivity index (χ1n) is 2.99. The average molecular weight is 124 g/mol. The van der Waals surface area contributed by atoms with Gasteiger partial charge in [-0.3, -0.25) is 4.79 Å². The van der Waals surface area contributed by atoms with Crippen molar-refractivity contribution < 1.29 is 4.79 Å². The lowest BCUT2D eigenvalue weighted by Gasteiger charge is -2.10. The van der Waals surface area contributed by atoms with Gasteiger partial charge >= 0.3 is 0 Å². The molecule has 0 aromatic rings. The molecule has 1 heterocycles. The van der Waals surface area contributed by atoms with Gasteiger partial charge in [-0.15, -0.1) is 0 Å². The van der Waals surface area contributed by atoms with Crippen molar-refractivity contribution in [2.24, 2.45) is 0 Å². The molecular formula is C6H8N2O. The van der Waals surface area contributed by atoms with Crippen molar-refractivity contribution in [2.45, 2.75) is 18.9 Å². The highest BCUT2D eigenvalue weighted by Crippen LogP contribution is 2.12. The summed E-state index contributed by atoms with van der Waals surface area (Å²) in [5, 5.41) is 8.42. The number of rotatable bonds is 1. The first-order chi connectivity index (χ1) is 4.38. The third kappa shape index (κ3) is 1.02. The summed E-state index contributed by atoms with van der Waals surface area (Å²) in [7, 11) is 0. The third-order valence-electron chi connectivity index (χ3n) is 1.58. The first-order valence-corrected chi connectivity index (χ1v) is 2.99. The Labute approximate surface area is 53.9 Å². The Morgan fingerprint density at radius 3 is 3.00 bits per heavy atom. The van der Waals surface area contributed by atoms with Crippen molar-refractivity contribution >= 4 is 6.41 Å². The molecule has 9 heavy (non-hydrogen) atoms. The highest BCUT2D eigenvalue weighted by atomic mass is 16.1. The summed E-state index contributed by atoms with van der Waals surface area (Å²) in [6, 6.07) is 1.91. The summed E-state index contributed by atoms with van der Waals surface area (Å²) in [5.41, 5.74) is 0. The number of carbonyl (C=O) groups excluding carboxylic acids is 1. The smallest absolute Gasteiger partial charge is 0.210 e. The second-order valence-corrected chi connectivity index (χ2v) is 2.13. The van der Waals surface area contributed by atoms with Crippen LogP contribution in [0.5, 0.6) is 0 Å². The maximum Gasteiger partial charge on any atom is 0.210 e. The second-order valence-electron chi connectivity index (χ2n) is 2.13. The largest absolute Gasteiger partial charge is 0.329 e. The lowest BCUT2D eigenvalue weighted by atomic mass is 10.2. The summed E-state index contributed by atoms with van der Waals surface area (Å²) < 4.78 is 0. The van der Waals surface area contributed by atoms with Crippen LogP contribution >= 0.6 is 0 Å². The number of nitriles is 1. The van der Waals surface area contributed by atoms with Crippen LogP contribution < -0.4 is 0 Å². The number of likely N-dealkylation sites (tertiary alicyclic amines) is 1. The predicted octanol–water partition coefficient (Wildman–Crippen LogP) is 0.131. The standard InChI is InChI=1S/C6H8N2O/c7-4-6-2-1-3-8(6)5-9/h5-6H,1-3H2/t6-/m0/s1. The molecule has 1 fully saturated rings. The van der Waals surface area contributed by atoms with Crippen LogP contribution in [0, 0.1) is 11.3 Å². The SMILES string of the molecule is N#C[C@@H]1CCCN1C=O. The average Bonchev–Trinajstić information content (AvgIpc) is 2.33. The Hall–Kier alpha value is -1.04. The summed E-state index contributed by atoms with van der Waals surface area (Å²) in [6.07, 6.45) is 2.56. The Morgan fingerprint density at radius 2 is 2.56 bits per heavy atom. The molecule has 0 bridgehead atoms. The van der Waals surface area contributed by atoms with E-state index in [0.717, 1.165) is 25.8 Å². The Balaban J connectivity index is 2.53. The van der Waals surface area contributed by atoms with Gasteiger partial charge in [-0.2, -0.15) is 5.26 Å². The molecular weight excluding hydrogens is 116 g/mol. The van der Waals surface area contributed by atoms with Crippen molar-refractivity contribution in [3.63, 3.8) is 0 Å². The van der Waals surface area contributed by atoms with E-state index in [9.17, 15) is 4.79 Å². The third-order valence-corrected chi connectivity index (χ3v) is 1.58. The summed E-state index contributed by atoms with van der Waals surface area (Å²) in [4.78, 5) is 11.7. The Morgan fingerprint density at radius 1 is 1.78 bits per heavy atom. The van der Waals surface area contributed by atoms with Gasteiger partial charge in [-0.1, -0.05) is 0 Å². The van der Waals surface area contributed by atoms with Crippen LogP contribution in [-0.4, -0.2) is 23.9 Å². The minimum absolute atomic E-state index is 0.150. The van der Waals surface area contributed by atoms with Crippen LogP contribution in [-0.2, 0) is 4.79 Å². The molecule has 0 aromatic heterocycles. The van der Waals surface area contributed by atoms with E-state index in [1.165, 1.54) is 0 Å². The van der Waals surface area contributed by atoms with E-state index >= 15 is 0 Å². The number of hydrogen-bond donors (Lipinski definition) is 0. The minimum Gasteiger partial charge on any atom is -0.329 e. The summed E-state index contributed by atoms with van der Waals surface area (Å²) >= 11 is 0. The fourth-order valence-electron chi connectivity index (χ4n) is 1.05. The topological polar surface area (TPSA) is 44.1 Å². The first kappa shape index (κ1) is 6.09. The highest BCUT2D eigenvalue weighted by molar-refractivity contribution is 5.49. The number of hydrogen-bond acceptors (Lipinski definition) is 2. The molecule has 0 aliphatic carbocycles. The summed E-state index contributed by atoms with van der Waals surface area (Å²) in [6.45, 7) is 0.752. The van der Waals surface area contributed by atoms with Gasteiger partial charge in [0, 0.05) is 6.54 Å². The lowest BCUT2D eigenvalue weighted by Crippen LogP contribution is -2.25. The van der Waals surface area contributed by atoms with E-state index in [1.54, 1.807) is 4.90 Å². The van der Waals surface area contributed by atoms with Gasteiger partial charge in [-0.25, -0.2) is 0 Å². The zero-order valence-electron chi connectivity index (χ0n) is 5.08. The van der Waals surface area contributed by atoms with Crippen LogP contribution in [0.2, 0.25) is 0 Å². The van der Waals surface area contributed by atoms with Crippen molar-refractivity contribution in [3.05, 3.63) is 0 Å². The number of amides is 1. The van der Waals surface area contributed by atoms with E-state index in [4.69, 9.17) is 5.26 Å². The zero-order valence-corrected chi connectivity index (χ0v) is 5.08. The molecule has 3 nitrogen and oxygen atoms in total.